The summed E-state index contributed by atoms with van der Waals surface area (Å²) in [6.45, 7) is 3.25. The molecule has 1 atom stereocenters. The molecule has 3 rings (SSSR count). The zero-order chi connectivity index (χ0) is 13.9. The molecule has 1 N–H and O–H groups in total. The van der Waals surface area contributed by atoms with Gasteiger partial charge < -0.3 is 10.1 Å². The second-order valence-corrected chi connectivity index (χ2v) is 5.16. The maximum Gasteiger partial charge on any atom is 0.253 e. The molecule has 0 aliphatic carbocycles. The fourth-order valence-electron chi connectivity index (χ4n) is 2.55. The van der Waals surface area contributed by atoms with E-state index in [1.165, 1.54) is 0 Å². The highest BCUT2D eigenvalue weighted by molar-refractivity contribution is 5.98. The molecule has 1 unspecified atom stereocenters. The van der Waals surface area contributed by atoms with Crippen molar-refractivity contribution < 1.29 is 9.53 Å². The molecule has 4 heteroatoms. The monoisotopic (exact) mass is 270 g/mol. The maximum absolute atomic E-state index is 12.3. The van der Waals surface area contributed by atoms with E-state index in [-0.39, 0.29) is 12.0 Å². The first-order valence-electron chi connectivity index (χ1n) is 7.00. The minimum Gasteiger partial charge on any atom is -0.376 e. The van der Waals surface area contributed by atoms with Crippen LogP contribution in [0.1, 0.15) is 28.9 Å². The molecule has 0 bridgehead atoms. The number of hydrogen-bond donors (Lipinski definition) is 1. The van der Waals surface area contributed by atoms with Crippen LogP contribution in [0, 0.1) is 6.92 Å². The number of amides is 1. The van der Waals surface area contributed by atoms with Crippen LogP contribution in [-0.4, -0.2) is 30.1 Å². The second-order valence-electron chi connectivity index (χ2n) is 5.16. The van der Waals surface area contributed by atoms with Crippen molar-refractivity contribution in [2.45, 2.75) is 25.9 Å². The minimum absolute atomic E-state index is 0.0729. The Bertz CT molecular complexity index is 633. The number of benzene rings is 1. The van der Waals surface area contributed by atoms with E-state index in [9.17, 15) is 4.79 Å². The van der Waals surface area contributed by atoms with Crippen LogP contribution in [0.4, 0.5) is 0 Å². The van der Waals surface area contributed by atoms with Gasteiger partial charge in [-0.05, 0) is 31.9 Å². The van der Waals surface area contributed by atoms with Crippen LogP contribution in [0.15, 0.2) is 30.3 Å². The number of para-hydroxylation sites is 1. The Kier molecular flexibility index (Phi) is 3.65. The van der Waals surface area contributed by atoms with Crippen molar-refractivity contribution in [3.8, 4) is 0 Å². The third-order valence-corrected chi connectivity index (χ3v) is 3.67. The fourth-order valence-corrected chi connectivity index (χ4v) is 2.55. The number of rotatable bonds is 3. The van der Waals surface area contributed by atoms with E-state index in [1.54, 1.807) is 0 Å². The van der Waals surface area contributed by atoms with Gasteiger partial charge in [-0.3, -0.25) is 9.78 Å². The van der Waals surface area contributed by atoms with E-state index in [0.717, 1.165) is 36.0 Å². The van der Waals surface area contributed by atoms with Gasteiger partial charge in [0.1, 0.15) is 0 Å². The van der Waals surface area contributed by atoms with Gasteiger partial charge in [0.05, 0.1) is 22.9 Å². The van der Waals surface area contributed by atoms with Crippen LogP contribution < -0.4 is 5.32 Å². The number of aryl methyl sites for hydroxylation is 1. The van der Waals surface area contributed by atoms with Gasteiger partial charge in [0.2, 0.25) is 0 Å². The highest BCUT2D eigenvalue weighted by Crippen LogP contribution is 2.16. The highest BCUT2D eigenvalue weighted by atomic mass is 16.5. The molecular formula is C16H18N2O2. The molecule has 1 aliphatic rings. The lowest BCUT2D eigenvalue weighted by atomic mass is 10.1. The molecule has 2 aromatic rings. The summed E-state index contributed by atoms with van der Waals surface area (Å²) in [6, 6.07) is 9.73. The summed E-state index contributed by atoms with van der Waals surface area (Å²) in [5.74, 6) is -0.0729. The zero-order valence-electron chi connectivity index (χ0n) is 11.6. The molecule has 0 saturated carbocycles. The number of carbonyl (C=O) groups is 1. The van der Waals surface area contributed by atoms with E-state index in [1.807, 2.05) is 37.3 Å². The summed E-state index contributed by atoms with van der Waals surface area (Å²) in [6.07, 6.45) is 2.26. The molecular weight excluding hydrogens is 252 g/mol. The van der Waals surface area contributed by atoms with Crippen LogP contribution in [0.3, 0.4) is 0 Å². The van der Waals surface area contributed by atoms with E-state index in [2.05, 4.69) is 10.3 Å². The number of nitrogens with one attached hydrogen (secondary N) is 1. The largest absolute Gasteiger partial charge is 0.376 e. The van der Waals surface area contributed by atoms with Crippen molar-refractivity contribution in [3.63, 3.8) is 0 Å². The van der Waals surface area contributed by atoms with Crippen LogP contribution in [-0.2, 0) is 4.74 Å². The second kappa shape index (κ2) is 5.59. The van der Waals surface area contributed by atoms with E-state index < -0.39 is 0 Å². The van der Waals surface area contributed by atoms with Gasteiger partial charge in [0.25, 0.3) is 5.91 Å². The lowest BCUT2D eigenvalue weighted by Gasteiger charge is -2.12. The van der Waals surface area contributed by atoms with Gasteiger partial charge >= 0.3 is 0 Å². The van der Waals surface area contributed by atoms with Crippen LogP contribution >= 0.6 is 0 Å². The van der Waals surface area contributed by atoms with Crippen molar-refractivity contribution in [1.82, 2.24) is 10.3 Å². The molecule has 1 aromatic heterocycles. The predicted octanol–water partition coefficient (Wildman–Crippen LogP) is 2.45. The molecule has 0 spiro atoms. The van der Waals surface area contributed by atoms with Gasteiger partial charge in [-0.1, -0.05) is 18.2 Å². The number of hydrogen-bond acceptors (Lipinski definition) is 3. The number of pyridine rings is 1. The Labute approximate surface area is 118 Å². The highest BCUT2D eigenvalue weighted by Gasteiger charge is 2.17. The topological polar surface area (TPSA) is 51.2 Å². The molecule has 1 saturated heterocycles. The Balaban J connectivity index is 1.77. The van der Waals surface area contributed by atoms with Gasteiger partial charge in [0, 0.05) is 18.5 Å². The first kappa shape index (κ1) is 13.1. The first-order valence-corrected chi connectivity index (χ1v) is 7.00. The molecule has 4 nitrogen and oxygen atoms in total. The lowest BCUT2D eigenvalue weighted by Crippen LogP contribution is -2.32. The average Bonchev–Trinajstić information content (AvgIpc) is 2.97. The molecule has 20 heavy (non-hydrogen) atoms. The van der Waals surface area contributed by atoms with Crippen molar-refractivity contribution >= 4 is 16.8 Å². The zero-order valence-corrected chi connectivity index (χ0v) is 11.6. The third-order valence-electron chi connectivity index (χ3n) is 3.67. The summed E-state index contributed by atoms with van der Waals surface area (Å²) < 4.78 is 5.51. The third kappa shape index (κ3) is 2.65. The van der Waals surface area contributed by atoms with Crippen LogP contribution in [0.25, 0.3) is 10.9 Å². The van der Waals surface area contributed by atoms with Gasteiger partial charge in [0.15, 0.2) is 0 Å². The Morgan fingerprint density at radius 3 is 3.10 bits per heavy atom. The normalized spacial score (nSPS) is 18.4. The predicted molar refractivity (Wildman–Crippen MR) is 77.8 cm³/mol. The molecule has 1 aromatic carbocycles. The van der Waals surface area contributed by atoms with E-state index in [0.29, 0.717) is 12.1 Å². The molecule has 1 fully saturated rings. The number of fused-ring (bicyclic) bond motifs is 1. The van der Waals surface area contributed by atoms with E-state index in [4.69, 9.17) is 4.74 Å². The first-order chi connectivity index (χ1) is 9.74. The molecule has 1 amide bonds. The van der Waals surface area contributed by atoms with Gasteiger partial charge in [-0.25, -0.2) is 0 Å². The lowest BCUT2D eigenvalue weighted by molar-refractivity contribution is 0.0857. The quantitative estimate of drug-likeness (QED) is 0.932. The Hall–Kier alpha value is -1.94. The smallest absolute Gasteiger partial charge is 0.253 e. The number of nitrogens with zero attached hydrogens (tertiary/aromatic N) is 1. The minimum atomic E-state index is -0.0729. The Morgan fingerprint density at radius 1 is 1.45 bits per heavy atom. The summed E-state index contributed by atoms with van der Waals surface area (Å²) >= 11 is 0. The van der Waals surface area contributed by atoms with Crippen LogP contribution in [0.5, 0.6) is 0 Å². The maximum atomic E-state index is 12.3. The average molecular weight is 270 g/mol. The molecule has 104 valence electrons. The van der Waals surface area contributed by atoms with Crippen molar-refractivity contribution in [2.75, 3.05) is 13.2 Å². The number of carbonyl (C=O) groups excluding carboxylic acids is 1. The van der Waals surface area contributed by atoms with Crippen molar-refractivity contribution in [3.05, 3.63) is 41.6 Å². The van der Waals surface area contributed by atoms with Crippen molar-refractivity contribution in [1.29, 1.82) is 0 Å². The summed E-state index contributed by atoms with van der Waals surface area (Å²) in [4.78, 5) is 16.7. The van der Waals surface area contributed by atoms with E-state index >= 15 is 0 Å². The number of ether oxygens (including phenoxy) is 1. The summed E-state index contributed by atoms with van der Waals surface area (Å²) in [7, 11) is 0. The molecule has 1 aliphatic heterocycles. The Morgan fingerprint density at radius 2 is 2.30 bits per heavy atom. The SMILES string of the molecule is Cc1nc2ccccc2cc1C(=O)NCC1CCCO1. The van der Waals surface area contributed by atoms with Gasteiger partial charge in [-0.15, -0.1) is 0 Å². The molecule has 0 radical (unpaired) electrons. The fraction of sp³-hybridized carbons (Fsp3) is 0.375. The van der Waals surface area contributed by atoms with Crippen molar-refractivity contribution in [2.24, 2.45) is 0 Å². The number of aromatic nitrogens is 1. The van der Waals surface area contributed by atoms with Crippen LogP contribution in [0.2, 0.25) is 0 Å². The summed E-state index contributed by atoms with van der Waals surface area (Å²) in [5.41, 5.74) is 2.32. The van der Waals surface area contributed by atoms with Gasteiger partial charge in [-0.2, -0.15) is 0 Å². The molecule has 2 heterocycles. The summed E-state index contributed by atoms with van der Waals surface area (Å²) in [5, 5.41) is 3.93. The standard InChI is InChI=1S/C16H18N2O2/c1-11-14(9-12-5-2-3-7-15(12)18-11)16(19)17-10-13-6-4-8-20-13/h2-3,5,7,9,13H,4,6,8,10H2,1H3,(H,17,19).